The molecule has 0 saturated heterocycles. The molecule has 0 atom stereocenters. The van der Waals surface area contributed by atoms with E-state index in [4.69, 9.17) is 9.47 Å². The molecule has 1 amide bonds. The molecule has 5 nitrogen and oxygen atoms in total. The summed E-state index contributed by atoms with van der Waals surface area (Å²) in [5.74, 6) is 1.56. The van der Waals surface area contributed by atoms with Gasteiger partial charge in [-0.25, -0.2) is 0 Å². The van der Waals surface area contributed by atoms with Crippen molar-refractivity contribution in [1.29, 1.82) is 0 Å². The predicted molar refractivity (Wildman–Crippen MR) is 93.2 cm³/mol. The summed E-state index contributed by atoms with van der Waals surface area (Å²) in [7, 11) is 0. The molecule has 1 heterocycles. The van der Waals surface area contributed by atoms with Gasteiger partial charge in [0.1, 0.15) is 13.2 Å². The van der Waals surface area contributed by atoms with E-state index >= 15 is 0 Å². The van der Waals surface area contributed by atoms with Crippen LogP contribution in [0.3, 0.4) is 0 Å². The van der Waals surface area contributed by atoms with Crippen molar-refractivity contribution in [2.75, 3.05) is 24.3 Å². The average molecular weight is 343 g/mol. The lowest BCUT2D eigenvalue weighted by molar-refractivity contribution is -0.114. The average Bonchev–Trinajstić information content (AvgIpc) is 2.60. The number of fused-ring (bicyclic) bond motifs is 1. The largest absolute Gasteiger partial charge is 0.486 e. The molecule has 0 radical (unpaired) electrons. The van der Waals surface area contributed by atoms with Crippen molar-refractivity contribution in [3.63, 3.8) is 0 Å². The first-order valence-corrected chi connectivity index (χ1v) is 8.54. The zero-order valence-electron chi connectivity index (χ0n) is 13.2. The molecule has 0 spiro atoms. The van der Waals surface area contributed by atoms with Crippen LogP contribution in [0.25, 0.3) is 0 Å². The van der Waals surface area contributed by atoms with E-state index in [1.165, 1.54) is 18.7 Å². The maximum Gasteiger partial charge on any atom is 0.221 e. The number of hydrogen-bond donors (Lipinski definition) is 1. The Morgan fingerprint density at radius 3 is 2.46 bits per heavy atom. The summed E-state index contributed by atoms with van der Waals surface area (Å²) in [5.41, 5.74) is 1.35. The minimum atomic E-state index is -0.107. The van der Waals surface area contributed by atoms with E-state index in [1.54, 1.807) is 18.2 Å². The van der Waals surface area contributed by atoms with Crippen LogP contribution in [-0.2, 0) is 4.79 Å². The molecule has 124 valence electrons. The SMILES string of the molecule is CC(=O)Nc1ccc(SCC(=O)c2ccc3c(c2)OCCO3)cc1. The van der Waals surface area contributed by atoms with E-state index in [9.17, 15) is 9.59 Å². The number of benzene rings is 2. The molecule has 0 aliphatic carbocycles. The number of amides is 1. The van der Waals surface area contributed by atoms with Crippen LogP contribution in [-0.4, -0.2) is 30.7 Å². The van der Waals surface area contributed by atoms with Crippen LogP contribution in [0.15, 0.2) is 47.4 Å². The fourth-order valence-corrected chi connectivity index (χ4v) is 3.08. The molecule has 0 saturated carbocycles. The first-order valence-electron chi connectivity index (χ1n) is 7.55. The molecule has 3 rings (SSSR count). The molecule has 1 N–H and O–H groups in total. The Morgan fingerprint density at radius 2 is 1.75 bits per heavy atom. The molecule has 0 aromatic heterocycles. The molecule has 1 aliphatic heterocycles. The minimum absolute atomic E-state index is 0.0305. The van der Waals surface area contributed by atoms with E-state index in [1.807, 2.05) is 24.3 Å². The number of thioether (sulfide) groups is 1. The molecule has 1 aliphatic rings. The highest BCUT2D eigenvalue weighted by Gasteiger charge is 2.15. The number of hydrogen-bond acceptors (Lipinski definition) is 5. The smallest absolute Gasteiger partial charge is 0.221 e. The van der Waals surface area contributed by atoms with Gasteiger partial charge >= 0.3 is 0 Å². The Morgan fingerprint density at radius 1 is 1.04 bits per heavy atom. The standard InChI is InChI=1S/C18H17NO4S/c1-12(20)19-14-3-5-15(6-4-14)24-11-16(21)13-2-7-17-18(10-13)23-9-8-22-17/h2-7,10H,8-9,11H2,1H3,(H,19,20). The third-order valence-corrected chi connectivity index (χ3v) is 4.42. The van der Waals surface area contributed by atoms with Crippen LogP contribution in [0, 0.1) is 0 Å². The zero-order chi connectivity index (χ0) is 16.9. The third-order valence-electron chi connectivity index (χ3n) is 3.41. The highest BCUT2D eigenvalue weighted by molar-refractivity contribution is 8.00. The maximum atomic E-state index is 12.3. The second-order valence-electron chi connectivity index (χ2n) is 5.28. The van der Waals surface area contributed by atoms with E-state index in [2.05, 4.69) is 5.32 Å². The van der Waals surface area contributed by atoms with Crippen LogP contribution in [0.5, 0.6) is 11.5 Å². The molecule has 2 aromatic carbocycles. The molecule has 6 heteroatoms. The summed E-state index contributed by atoms with van der Waals surface area (Å²) in [6.45, 7) is 2.50. The van der Waals surface area contributed by atoms with Gasteiger partial charge in [-0.2, -0.15) is 0 Å². The third kappa shape index (κ3) is 4.08. The Labute approximate surface area is 144 Å². The van der Waals surface area contributed by atoms with Crippen molar-refractivity contribution in [2.45, 2.75) is 11.8 Å². The molecule has 0 unspecified atom stereocenters. The number of anilines is 1. The maximum absolute atomic E-state index is 12.3. The van der Waals surface area contributed by atoms with Crippen LogP contribution in [0.4, 0.5) is 5.69 Å². The van der Waals surface area contributed by atoms with Crippen molar-refractivity contribution in [3.8, 4) is 11.5 Å². The Kier molecular flexibility index (Phi) is 5.05. The second kappa shape index (κ2) is 7.40. The van der Waals surface area contributed by atoms with Crippen molar-refractivity contribution >= 4 is 29.1 Å². The van der Waals surface area contributed by atoms with Crippen LogP contribution >= 0.6 is 11.8 Å². The quantitative estimate of drug-likeness (QED) is 0.666. The summed E-state index contributed by atoms with van der Waals surface area (Å²) < 4.78 is 11.0. The van der Waals surface area contributed by atoms with Gasteiger partial charge in [-0.3, -0.25) is 9.59 Å². The van der Waals surface area contributed by atoms with Crippen molar-refractivity contribution in [1.82, 2.24) is 0 Å². The highest BCUT2D eigenvalue weighted by Crippen LogP contribution is 2.31. The second-order valence-corrected chi connectivity index (χ2v) is 6.32. The van der Waals surface area contributed by atoms with Gasteiger partial charge in [0.15, 0.2) is 17.3 Å². The zero-order valence-corrected chi connectivity index (χ0v) is 14.0. The van der Waals surface area contributed by atoms with Gasteiger partial charge in [-0.1, -0.05) is 0 Å². The van der Waals surface area contributed by atoms with E-state index < -0.39 is 0 Å². The molecular weight excluding hydrogens is 326 g/mol. The van der Waals surface area contributed by atoms with Gasteiger partial charge in [0, 0.05) is 23.1 Å². The lowest BCUT2D eigenvalue weighted by Crippen LogP contribution is -2.16. The number of Topliss-reactive ketones (excluding diaryl/α,β-unsaturated/α-hetero) is 1. The summed E-state index contributed by atoms with van der Waals surface area (Å²) in [6.07, 6.45) is 0. The Hall–Kier alpha value is -2.47. The van der Waals surface area contributed by atoms with Gasteiger partial charge in [-0.05, 0) is 42.5 Å². The first-order chi connectivity index (χ1) is 11.6. The van der Waals surface area contributed by atoms with E-state index in [0.717, 1.165) is 10.6 Å². The minimum Gasteiger partial charge on any atom is -0.486 e. The summed E-state index contributed by atoms with van der Waals surface area (Å²) in [5, 5.41) is 2.71. The lowest BCUT2D eigenvalue weighted by atomic mass is 10.1. The summed E-state index contributed by atoms with van der Waals surface area (Å²) >= 11 is 1.45. The fraction of sp³-hybridized carbons (Fsp3) is 0.222. The Bertz CT molecular complexity index is 758. The summed E-state index contributed by atoms with van der Waals surface area (Å²) in [6, 6.07) is 12.7. The fourth-order valence-electron chi connectivity index (χ4n) is 2.29. The van der Waals surface area contributed by atoms with Crippen molar-refractivity contribution in [3.05, 3.63) is 48.0 Å². The normalized spacial score (nSPS) is 12.5. The van der Waals surface area contributed by atoms with Gasteiger partial charge in [0.2, 0.25) is 5.91 Å². The molecule has 0 bridgehead atoms. The van der Waals surface area contributed by atoms with E-state index in [-0.39, 0.29) is 11.7 Å². The monoisotopic (exact) mass is 343 g/mol. The van der Waals surface area contributed by atoms with E-state index in [0.29, 0.717) is 36.0 Å². The number of carbonyl (C=O) groups excluding carboxylic acids is 2. The number of nitrogens with one attached hydrogen (secondary N) is 1. The van der Waals surface area contributed by atoms with Crippen molar-refractivity contribution < 1.29 is 19.1 Å². The number of carbonyl (C=O) groups is 2. The predicted octanol–water partition coefficient (Wildman–Crippen LogP) is 3.39. The topological polar surface area (TPSA) is 64.6 Å². The molecular formula is C18H17NO4S. The van der Waals surface area contributed by atoms with Crippen molar-refractivity contribution in [2.24, 2.45) is 0 Å². The molecule has 24 heavy (non-hydrogen) atoms. The number of ether oxygens (including phenoxy) is 2. The molecule has 2 aromatic rings. The lowest BCUT2D eigenvalue weighted by Gasteiger charge is -2.18. The van der Waals surface area contributed by atoms with Crippen LogP contribution in [0.1, 0.15) is 17.3 Å². The summed E-state index contributed by atoms with van der Waals surface area (Å²) in [4.78, 5) is 24.3. The van der Waals surface area contributed by atoms with Crippen LogP contribution in [0.2, 0.25) is 0 Å². The van der Waals surface area contributed by atoms with Gasteiger partial charge in [0.05, 0.1) is 5.75 Å². The number of rotatable bonds is 5. The highest BCUT2D eigenvalue weighted by atomic mass is 32.2. The van der Waals surface area contributed by atoms with Gasteiger partial charge < -0.3 is 14.8 Å². The van der Waals surface area contributed by atoms with Gasteiger partial charge in [-0.15, -0.1) is 11.8 Å². The van der Waals surface area contributed by atoms with Crippen LogP contribution < -0.4 is 14.8 Å². The van der Waals surface area contributed by atoms with Gasteiger partial charge in [0.25, 0.3) is 0 Å². The molecule has 0 fully saturated rings. The number of ketones is 1. The first kappa shape index (κ1) is 16.4. The Balaban J connectivity index is 1.60.